The molecule has 2 aliphatic carbocycles. The van der Waals surface area contributed by atoms with Gasteiger partial charge in [0.15, 0.2) is 9.84 Å². The van der Waals surface area contributed by atoms with Crippen molar-refractivity contribution in [1.29, 1.82) is 0 Å². The number of hydrogen-bond donors (Lipinski definition) is 0. The fourth-order valence-electron chi connectivity index (χ4n) is 4.47. The van der Waals surface area contributed by atoms with Crippen molar-refractivity contribution in [3.63, 3.8) is 0 Å². The van der Waals surface area contributed by atoms with Gasteiger partial charge in [-0.15, -0.1) is 0 Å². The number of sulfone groups is 1. The van der Waals surface area contributed by atoms with Crippen molar-refractivity contribution in [2.75, 3.05) is 12.8 Å². The van der Waals surface area contributed by atoms with E-state index in [0.29, 0.717) is 12.0 Å². The predicted octanol–water partition coefficient (Wildman–Crippen LogP) is 1.46. The third-order valence-electron chi connectivity index (χ3n) is 5.38. The van der Waals surface area contributed by atoms with E-state index in [-0.39, 0.29) is 5.91 Å². The maximum Gasteiger partial charge on any atom is 0.240 e. The molecule has 4 aliphatic rings. The molecule has 4 bridgehead atoms. The van der Waals surface area contributed by atoms with Gasteiger partial charge >= 0.3 is 0 Å². The maximum atomic E-state index is 12.5. The van der Waals surface area contributed by atoms with E-state index in [2.05, 4.69) is 0 Å². The minimum Gasteiger partial charge on any atom is -0.338 e. The second kappa shape index (κ2) is 4.47. The summed E-state index contributed by atoms with van der Waals surface area (Å²) >= 11 is 0. The van der Waals surface area contributed by atoms with Crippen LogP contribution in [0.15, 0.2) is 0 Å². The Balaban J connectivity index is 1.83. The standard InChI is InChI=1S/C14H23NO3S/c1-9(19(2,17)18)14(16)15-8-12-4-10-3-11(5-12)7-13(15)6-10/h9-13H,3-8H2,1-2H3. The molecule has 0 radical (unpaired) electrons. The van der Waals surface area contributed by atoms with Crippen LogP contribution in [0.1, 0.15) is 39.0 Å². The van der Waals surface area contributed by atoms with Crippen molar-refractivity contribution in [1.82, 2.24) is 4.90 Å². The largest absolute Gasteiger partial charge is 0.338 e. The van der Waals surface area contributed by atoms with Crippen molar-refractivity contribution in [2.24, 2.45) is 17.8 Å². The van der Waals surface area contributed by atoms with Crippen LogP contribution < -0.4 is 0 Å². The van der Waals surface area contributed by atoms with Crippen LogP contribution in [0.5, 0.6) is 0 Å². The van der Waals surface area contributed by atoms with Crippen LogP contribution >= 0.6 is 0 Å². The van der Waals surface area contributed by atoms with Crippen molar-refractivity contribution in [2.45, 2.75) is 50.3 Å². The summed E-state index contributed by atoms with van der Waals surface area (Å²) in [5.41, 5.74) is 0. The molecule has 4 fully saturated rings. The first-order valence-corrected chi connectivity index (χ1v) is 9.29. The summed E-state index contributed by atoms with van der Waals surface area (Å²) in [4.78, 5) is 14.4. The molecule has 2 aliphatic heterocycles. The molecule has 0 spiro atoms. The van der Waals surface area contributed by atoms with E-state index in [1.165, 1.54) is 26.2 Å². The molecule has 0 aromatic rings. The molecule has 2 saturated carbocycles. The smallest absolute Gasteiger partial charge is 0.240 e. The molecule has 3 atom stereocenters. The zero-order valence-electron chi connectivity index (χ0n) is 11.7. The summed E-state index contributed by atoms with van der Waals surface area (Å²) in [6, 6.07) is 0.299. The molecule has 19 heavy (non-hydrogen) atoms. The summed E-state index contributed by atoms with van der Waals surface area (Å²) in [5.74, 6) is 1.98. The average molecular weight is 285 g/mol. The molecule has 4 nitrogen and oxygen atoms in total. The number of amides is 1. The van der Waals surface area contributed by atoms with Crippen LogP contribution in [-0.2, 0) is 14.6 Å². The third-order valence-corrected chi connectivity index (χ3v) is 6.87. The van der Waals surface area contributed by atoms with E-state index < -0.39 is 15.1 Å². The number of rotatable bonds is 2. The predicted molar refractivity (Wildman–Crippen MR) is 73.4 cm³/mol. The van der Waals surface area contributed by atoms with Crippen LogP contribution in [-0.4, -0.2) is 43.3 Å². The van der Waals surface area contributed by atoms with Gasteiger partial charge < -0.3 is 4.90 Å². The summed E-state index contributed by atoms with van der Waals surface area (Å²) < 4.78 is 23.2. The first-order valence-electron chi connectivity index (χ1n) is 7.34. The van der Waals surface area contributed by atoms with Crippen molar-refractivity contribution >= 4 is 15.7 Å². The lowest BCUT2D eigenvalue weighted by Crippen LogP contribution is -2.47. The van der Waals surface area contributed by atoms with Gasteiger partial charge in [0.05, 0.1) is 0 Å². The second-order valence-electron chi connectivity index (χ2n) is 6.89. The van der Waals surface area contributed by atoms with Gasteiger partial charge in [-0.05, 0) is 56.8 Å². The SMILES string of the molecule is CC(C(=O)N1CC2CC3CC(C2)CC1C3)S(C)(=O)=O. The number of hydrogen-bond acceptors (Lipinski definition) is 3. The summed E-state index contributed by atoms with van der Waals surface area (Å²) in [5, 5.41) is -0.886. The lowest BCUT2D eigenvalue weighted by molar-refractivity contribution is -0.133. The Bertz CT molecular complexity index is 473. The van der Waals surface area contributed by atoms with Gasteiger partial charge in [0.2, 0.25) is 5.91 Å². The molecule has 108 valence electrons. The van der Waals surface area contributed by atoms with Gasteiger partial charge in [-0.25, -0.2) is 8.42 Å². The fraction of sp³-hybridized carbons (Fsp3) is 0.929. The zero-order valence-corrected chi connectivity index (χ0v) is 12.5. The normalized spacial score (nSPS) is 39.2. The lowest BCUT2D eigenvalue weighted by atomic mass is 9.68. The van der Waals surface area contributed by atoms with E-state index in [0.717, 1.165) is 37.5 Å². The highest BCUT2D eigenvalue weighted by atomic mass is 32.2. The molecule has 4 rings (SSSR count). The Kier molecular flexibility index (Phi) is 3.15. The molecule has 2 heterocycles. The lowest BCUT2D eigenvalue weighted by Gasteiger charge is -2.39. The van der Waals surface area contributed by atoms with Gasteiger partial charge in [-0.3, -0.25) is 4.79 Å². The highest BCUT2D eigenvalue weighted by Crippen LogP contribution is 2.47. The summed E-state index contributed by atoms with van der Waals surface area (Å²) in [6.45, 7) is 2.32. The Morgan fingerprint density at radius 1 is 1.05 bits per heavy atom. The van der Waals surface area contributed by atoms with Crippen molar-refractivity contribution in [3.8, 4) is 0 Å². The van der Waals surface area contributed by atoms with Gasteiger partial charge in [-0.2, -0.15) is 0 Å². The van der Waals surface area contributed by atoms with E-state index >= 15 is 0 Å². The Morgan fingerprint density at radius 3 is 2.11 bits per heavy atom. The van der Waals surface area contributed by atoms with E-state index in [1.807, 2.05) is 4.90 Å². The maximum absolute atomic E-state index is 12.5. The minimum absolute atomic E-state index is 0.166. The highest BCUT2D eigenvalue weighted by molar-refractivity contribution is 7.92. The zero-order chi connectivity index (χ0) is 13.8. The van der Waals surface area contributed by atoms with E-state index in [9.17, 15) is 13.2 Å². The number of carbonyl (C=O) groups is 1. The quantitative estimate of drug-likeness (QED) is 0.772. The molecular weight excluding hydrogens is 262 g/mol. The molecule has 0 aromatic carbocycles. The molecule has 5 heteroatoms. The third kappa shape index (κ3) is 2.41. The fourth-order valence-corrected chi connectivity index (χ4v) is 4.97. The van der Waals surface area contributed by atoms with Crippen molar-refractivity contribution < 1.29 is 13.2 Å². The summed E-state index contributed by atoms with van der Waals surface area (Å²) in [7, 11) is -3.29. The van der Waals surface area contributed by atoms with Gasteiger partial charge in [0, 0.05) is 18.8 Å². The van der Waals surface area contributed by atoms with Gasteiger partial charge in [0.1, 0.15) is 5.25 Å². The van der Waals surface area contributed by atoms with Crippen LogP contribution in [0.4, 0.5) is 0 Å². The van der Waals surface area contributed by atoms with Gasteiger partial charge in [-0.1, -0.05) is 0 Å². The van der Waals surface area contributed by atoms with Gasteiger partial charge in [0.25, 0.3) is 0 Å². The first-order chi connectivity index (χ1) is 8.84. The van der Waals surface area contributed by atoms with Crippen LogP contribution in [0.2, 0.25) is 0 Å². The number of fused-ring (bicyclic) bond motifs is 1. The van der Waals surface area contributed by atoms with E-state index in [1.54, 1.807) is 0 Å². The highest BCUT2D eigenvalue weighted by Gasteiger charge is 2.45. The topological polar surface area (TPSA) is 54.5 Å². The Hall–Kier alpha value is -0.580. The molecule has 3 unspecified atom stereocenters. The molecule has 0 aromatic heterocycles. The number of nitrogens with zero attached hydrogens (tertiary/aromatic N) is 1. The van der Waals surface area contributed by atoms with Crippen LogP contribution in [0, 0.1) is 17.8 Å². The minimum atomic E-state index is -3.29. The van der Waals surface area contributed by atoms with Crippen LogP contribution in [0.3, 0.4) is 0 Å². The average Bonchev–Trinajstić information content (AvgIpc) is 2.50. The number of carbonyl (C=O) groups excluding carboxylic acids is 1. The molecular formula is C14H23NO3S. The Labute approximate surface area is 115 Å². The second-order valence-corrected chi connectivity index (χ2v) is 9.26. The van der Waals surface area contributed by atoms with Crippen LogP contribution in [0.25, 0.3) is 0 Å². The van der Waals surface area contributed by atoms with E-state index in [4.69, 9.17) is 0 Å². The summed E-state index contributed by atoms with van der Waals surface area (Å²) in [6.07, 6.45) is 7.16. The molecule has 0 N–H and O–H groups in total. The first kappa shape index (κ1) is 13.4. The monoisotopic (exact) mass is 285 g/mol. The van der Waals surface area contributed by atoms with Crippen molar-refractivity contribution in [3.05, 3.63) is 0 Å². The molecule has 1 amide bonds. The molecule has 2 saturated heterocycles. The Morgan fingerprint density at radius 2 is 1.58 bits per heavy atom.